The second-order valence-electron chi connectivity index (χ2n) is 4.70. The molecule has 1 N–H and O–H groups in total. The fraction of sp³-hybridized carbons (Fsp3) is 0.200. The molecular weight excluding hydrogens is 288 g/mol. The highest BCUT2D eigenvalue weighted by Crippen LogP contribution is 2.30. The van der Waals surface area contributed by atoms with Gasteiger partial charge in [-0.25, -0.2) is 0 Å². The van der Waals surface area contributed by atoms with Crippen molar-refractivity contribution < 1.29 is 0 Å². The van der Waals surface area contributed by atoms with E-state index in [0.717, 1.165) is 21.3 Å². The topological polar surface area (TPSA) is 37.8 Å². The monoisotopic (exact) mass is 302 g/mol. The predicted molar refractivity (Wildman–Crippen MR) is 87.1 cm³/mol. The minimum absolute atomic E-state index is 0.00499. The first-order valence-electron chi connectivity index (χ1n) is 6.43. The summed E-state index contributed by atoms with van der Waals surface area (Å²) in [5, 5.41) is 2.02. The molecule has 3 aromatic rings. The molecule has 0 aliphatic heterocycles. The van der Waals surface area contributed by atoms with Gasteiger partial charge in [0.15, 0.2) is 4.77 Å². The lowest BCUT2D eigenvalue weighted by atomic mass is 10.1. The third kappa shape index (κ3) is 2.03. The van der Waals surface area contributed by atoms with Crippen molar-refractivity contribution in [1.82, 2.24) is 9.55 Å². The lowest BCUT2D eigenvalue weighted by Crippen LogP contribution is -2.20. The molecule has 0 saturated carbocycles. The lowest BCUT2D eigenvalue weighted by molar-refractivity contribution is 0.706. The van der Waals surface area contributed by atoms with Crippen LogP contribution >= 0.6 is 23.6 Å². The molecule has 3 nitrogen and oxygen atoms in total. The molecule has 0 atom stereocenters. The maximum atomic E-state index is 12.4. The molecule has 0 radical (unpaired) electrons. The molecule has 5 heteroatoms. The predicted octanol–water partition coefficient (Wildman–Crippen LogP) is 4.12. The molecule has 2 heterocycles. The van der Waals surface area contributed by atoms with Crippen molar-refractivity contribution in [2.75, 3.05) is 0 Å². The van der Waals surface area contributed by atoms with Gasteiger partial charge in [-0.1, -0.05) is 29.8 Å². The number of hydrogen-bond donors (Lipinski definition) is 1. The van der Waals surface area contributed by atoms with Gasteiger partial charge in [0.2, 0.25) is 0 Å². The van der Waals surface area contributed by atoms with Crippen LogP contribution in [0.3, 0.4) is 0 Å². The number of nitrogens with one attached hydrogen (secondary N) is 1. The summed E-state index contributed by atoms with van der Waals surface area (Å²) in [6, 6.07) is 8.28. The first-order valence-corrected chi connectivity index (χ1v) is 7.72. The number of fused-ring (bicyclic) bond motifs is 1. The first-order chi connectivity index (χ1) is 9.61. The van der Waals surface area contributed by atoms with E-state index in [0.29, 0.717) is 11.3 Å². The molecule has 20 heavy (non-hydrogen) atoms. The van der Waals surface area contributed by atoms with Gasteiger partial charge in [-0.2, -0.15) is 0 Å². The van der Waals surface area contributed by atoms with Gasteiger partial charge in [0.25, 0.3) is 5.56 Å². The third-order valence-electron chi connectivity index (χ3n) is 3.39. The molecule has 102 valence electrons. The minimum atomic E-state index is -0.00499. The first kappa shape index (κ1) is 13.3. The Balaban J connectivity index is 2.32. The summed E-state index contributed by atoms with van der Waals surface area (Å²) in [4.78, 5) is 15.6. The van der Waals surface area contributed by atoms with Crippen LogP contribution in [0, 0.1) is 11.7 Å². The Morgan fingerprint density at radius 3 is 2.65 bits per heavy atom. The van der Waals surface area contributed by atoms with Crippen molar-refractivity contribution in [2.45, 2.75) is 20.4 Å². The maximum absolute atomic E-state index is 12.4. The Hall–Kier alpha value is -1.72. The molecule has 0 fully saturated rings. The number of aryl methyl sites for hydroxylation is 1. The van der Waals surface area contributed by atoms with Crippen molar-refractivity contribution in [3.05, 3.63) is 50.3 Å². The van der Waals surface area contributed by atoms with Gasteiger partial charge in [-0.3, -0.25) is 9.36 Å². The van der Waals surface area contributed by atoms with E-state index in [4.69, 9.17) is 12.2 Å². The van der Waals surface area contributed by atoms with Gasteiger partial charge in [0.1, 0.15) is 4.70 Å². The van der Waals surface area contributed by atoms with Crippen LogP contribution < -0.4 is 5.56 Å². The Labute approximate surface area is 125 Å². The molecule has 0 bridgehead atoms. The van der Waals surface area contributed by atoms with E-state index in [1.54, 1.807) is 4.57 Å². The zero-order chi connectivity index (χ0) is 14.3. The van der Waals surface area contributed by atoms with Crippen LogP contribution in [0.4, 0.5) is 0 Å². The molecule has 2 aromatic heterocycles. The van der Waals surface area contributed by atoms with Crippen molar-refractivity contribution in [3.63, 3.8) is 0 Å². The summed E-state index contributed by atoms with van der Waals surface area (Å²) in [5.41, 5.74) is 4.19. The number of thiophene rings is 1. The molecule has 0 aliphatic rings. The van der Waals surface area contributed by atoms with Crippen molar-refractivity contribution in [2.24, 2.45) is 0 Å². The van der Waals surface area contributed by atoms with Crippen LogP contribution in [0.2, 0.25) is 0 Å². The summed E-state index contributed by atoms with van der Waals surface area (Å²) < 4.78 is 2.81. The van der Waals surface area contributed by atoms with Crippen LogP contribution in [-0.4, -0.2) is 9.55 Å². The van der Waals surface area contributed by atoms with E-state index in [2.05, 4.69) is 36.2 Å². The largest absolute Gasteiger partial charge is 0.330 e. The average Bonchev–Trinajstić information content (AvgIpc) is 2.84. The van der Waals surface area contributed by atoms with Crippen LogP contribution in [-0.2, 0) is 6.54 Å². The van der Waals surface area contributed by atoms with E-state index >= 15 is 0 Å². The van der Waals surface area contributed by atoms with Gasteiger partial charge in [0, 0.05) is 17.5 Å². The average molecular weight is 302 g/mol. The fourth-order valence-corrected chi connectivity index (χ4v) is 3.55. The van der Waals surface area contributed by atoms with Gasteiger partial charge in [-0.15, -0.1) is 11.3 Å². The summed E-state index contributed by atoms with van der Waals surface area (Å²) >= 11 is 6.74. The quantitative estimate of drug-likeness (QED) is 0.723. The SMILES string of the molecule is CCn1c(=S)[nH]c2c(-c3ccc(C)cc3)csc2c1=O. The van der Waals surface area contributed by atoms with Gasteiger partial charge in [-0.05, 0) is 31.6 Å². The second kappa shape index (κ2) is 5.00. The van der Waals surface area contributed by atoms with Crippen molar-refractivity contribution in [3.8, 4) is 11.1 Å². The zero-order valence-electron chi connectivity index (χ0n) is 11.3. The molecule has 0 unspecified atom stereocenters. The van der Waals surface area contributed by atoms with Gasteiger partial charge >= 0.3 is 0 Å². The van der Waals surface area contributed by atoms with Crippen LogP contribution in [0.15, 0.2) is 34.4 Å². The summed E-state index contributed by atoms with van der Waals surface area (Å²) in [6.45, 7) is 4.57. The smallest absolute Gasteiger partial charge is 0.272 e. The Morgan fingerprint density at radius 2 is 2.00 bits per heavy atom. The number of hydrogen-bond acceptors (Lipinski definition) is 3. The van der Waals surface area contributed by atoms with Gasteiger partial charge in [0.05, 0.1) is 5.52 Å². The third-order valence-corrected chi connectivity index (χ3v) is 4.68. The molecule has 0 saturated heterocycles. The number of H-pyrrole nitrogens is 1. The van der Waals surface area contributed by atoms with E-state index in [1.807, 2.05) is 12.3 Å². The molecular formula is C15H14N2OS2. The van der Waals surface area contributed by atoms with Crippen molar-refractivity contribution >= 4 is 33.8 Å². The summed E-state index contributed by atoms with van der Waals surface area (Å²) in [7, 11) is 0. The fourth-order valence-electron chi connectivity index (χ4n) is 2.26. The maximum Gasteiger partial charge on any atom is 0.272 e. The molecule has 3 rings (SSSR count). The lowest BCUT2D eigenvalue weighted by Gasteiger charge is -2.04. The minimum Gasteiger partial charge on any atom is -0.330 e. The molecule has 0 aliphatic carbocycles. The number of nitrogens with zero attached hydrogens (tertiary/aromatic N) is 1. The highest BCUT2D eigenvalue weighted by atomic mass is 32.1. The number of aromatic amines is 1. The molecule has 1 aromatic carbocycles. The Kier molecular flexibility index (Phi) is 3.31. The van der Waals surface area contributed by atoms with Crippen LogP contribution in [0.5, 0.6) is 0 Å². The van der Waals surface area contributed by atoms with E-state index in [-0.39, 0.29) is 5.56 Å². The van der Waals surface area contributed by atoms with E-state index < -0.39 is 0 Å². The normalized spacial score (nSPS) is 11.1. The summed E-state index contributed by atoms with van der Waals surface area (Å²) in [5.74, 6) is 0. The molecule has 0 spiro atoms. The second-order valence-corrected chi connectivity index (χ2v) is 5.97. The Bertz CT molecular complexity index is 885. The van der Waals surface area contributed by atoms with Crippen LogP contribution in [0.25, 0.3) is 21.3 Å². The standard InChI is InChI=1S/C15H14N2OS2/c1-3-17-14(18)13-12(16-15(17)19)11(8-20-13)10-6-4-9(2)5-7-10/h4-8H,3H2,1-2H3,(H,16,19). The Morgan fingerprint density at radius 1 is 1.30 bits per heavy atom. The van der Waals surface area contributed by atoms with E-state index in [1.165, 1.54) is 16.9 Å². The number of rotatable bonds is 2. The highest BCUT2D eigenvalue weighted by Gasteiger charge is 2.12. The summed E-state index contributed by atoms with van der Waals surface area (Å²) in [6.07, 6.45) is 0. The number of aromatic nitrogens is 2. The molecule has 0 amide bonds. The zero-order valence-corrected chi connectivity index (χ0v) is 12.9. The van der Waals surface area contributed by atoms with E-state index in [9.17, 15) is 4.79 Å². The highest BCUT2D eigenvalue weighted by molar-refractivity contribution is 7.71. The van der Waals surface area contributed by atoms with Crippen LogP contribution in [0.1, 0.15) is 12.5 Å². The number of benzene rings is 1. The van der Waals surface area contributed by atoms with Crippen molar-refractivity contribution in [1.29, 1.82) is 0 Å². The van der Waals surface area contributed by atoms with Gasteiger partial charge < -0.3 is 4.98 Å².